The number of non-ortho nitro benzene ring substituents is 1. The summed E-state index contributed by atoms with van der Waals surface area (Å²) in [6.07, 6.45) is 0. The molecule has 0 unspecified atom stereocenters. The lowest BCUT2D eigenvalue weighted by Gasteiger charge is -2.17. The SMILES string of the molecule is CC(=O)Nc1ccc(NC(=O)c2cc([N+](=O)[O-])ccc2N(C)C)cc1. The Labute approximate surface area is 144 Å². The maximum atomic E-state index is 12.5. The highest BCUT2D eigenvalue weighted by Gasteiger charge is 2.18. The molecule has 0 bridgehead atoms. The quantitative estimate of drug-likeness (QED) is 0.642. The van der Waals surface area contributed by atoms with Gasteiger partial charge in [-0.15, -0.1) is 0 Å². The predicted octanol–water partition coefficient (Wildman–Crippen LogP) is 2.87. The summed E-state index contributed by atoms with van der Waals surface area (Å²) >= 11 is 0. The minimum Gasteiger partial charge on any atom is -0.377 e. The number of hydrogen-bond acceptors (Lipinski definition) is 5. The van der Waals surface area contributed by atoms with Crippen LogP contribution in [0, 0.1) is 10.1 Å². The Morgan fingerprint density at radius 1 is 1.00 bits per heavy atom. The van der Waals surface area contributed by atoms with Crippen LogP contribution < -0.4 is 15.5 Å². The van der Waals surface area contributed by atoms with Crippen LogP contribution >= 0.6 is 0 Å². The van der Waals surface area contributed by atoms with Crippen molar-refractivity contribution in [2.24, 2.45) is 0 Å². The van der Waals surface area contributed by atoms with E-state index in [1.54, 1.807) is 43.3 Å². The first-order chi connectivity index (χ1) is 11.8. The highest BCUT2D eigenvalue weighted by molar-refractivity contribution is 6.08. The van der Waals surface area contributed by atoms with Crippen LogP contribution in [-0.4, -0.2) is 30.8 Å². The van der Waals surface area contributed by atoms with Crippen molar-refractivity contribution in [2.75, 3.05) is 29.6 Å². The highest BCUT2D eigenvalue weighted by atomic mass is 16.6. The molecule has 2 aromatic rings. The van der Waals surface area contributed by atoms with Crippen molar-refractivity contribution in [3.63, 3.8) is 0 Å². The molecule has 0 saturated carbocycles. The average molecular weight is 342 g/mol. The van der Waals surface area contributed by atoms with Gasteiger partial charge in [0.15, 0.2) is 0 Å². The van der Waals surface area contributed by atoms with E-state index in [-0.39, 0.29) is 17.2 Å². The average Bonchev–Trinajstić information content (AvgIpc) is 2.55. The Bertz CT molecular complexity index is 816. The lowest BCUT2D eigenvalue weighted by atomic mass is 10.1. The largest absolute Gasteiger partial charge is 0.377 e. The fourth-order valence-corrected chi connectivity index (χ4v) is 2.25. The van der Waals surface area contributed by atoms with E-state index in [9.17, 15) is 19.7 Å². The Morgan fingerprint density at radius 3 is 2.04 bits per heavy atom. The van der Waals surface area contributed by atoms with E-state index in [0.29, 0.717) is 17.1 Å². The van der Waals surface area contributed by atoms with Crippen LogP contribution in [0.3, 0.4) is 0 Å². The van der Waals surface area contributed by atoms with Crippen molar-refractivity contribution < 1.29 is 14.5 Å². The molecule has 0 radical (unpaired) electrons. The fourth-order valence-electron chi connectivity index (χ4n) is 2.25. The number of amides is 2. The van der Waals surface area contributed by atoms with Crippen molar-refractivity contribution in [3.05, 3.63) is 58.1 Å². The molecule has 0 aliphatic rings. The smallest absolute Gasteiger partial charge is 0.270 e. The fraction of sp³-hybridized carbons (Fsp3) is 0.176. The summed E-state index contributed by atoms with van der Waals surface area (Å²) < 4.78 is 0. The van der Waals surface area contributed by atoms with Crippen molar-refractivity contribution in [1.29, 1.82) is 0 Å². The van der Waals surface area contributed by atoms with Crippen LogP contribution in [0.5, 0.6) is 0 Å². The van der Waals surface area contributed by atoms with E-state index in [1.807, 2.05) is 0 Å². The third-order valence-electron chi connectivity index (χ3n) is 3.38. The number of rotatable bonds is 5. The second kappa shape index (κ2) is 7.43. The number of nitrogens with zero attached hydrogens (tertiary/aromatic N) is 2. The number of nitro groups is 1. The maximum absolute atomic E-state index is 12.5. The summed E-state index contributed by atoms with van der Waals surface area (Å²) in [5.74, 6) is -0.649. The van der Waals surface area contributed by atoms with Gasteiger partial charge in [-0.1, -0.05) is 0 Å². The van der Waals surface area contributed by atoms with Gasteiger partial charge in [-0.2, -0.15) is 0 Å². The van der Waals surface area contributed by atoms with E-state index >= 15 is 0 Å². The van der Waals surface area contributed by atoms with Gasteiger partial charge in [-0.3, -0.25) is 19.7 Å². The van der Waals surface area contributed by atoms with Gasteiger partial charge in [-0.25, -0.2) is 0 Å². The third-order valence-corrected chi connectivity index (χ3v) is 3.38. The van der Waals surface area contributed by atoms with Gasteiger partial charge in [0, 0.05) is 50.2 Å². The minimum atomic E-state index is -0.543. The van der Waals surface area contributed by atoms with Gasteiger partial charge in [-0.05, 0) is 30.3 Å². The lowest BCUT2D eigenvalue weighted by molar-refractivity contribution is -0.384. The highest BCUT2D eigenvalue weighted by Crippen LogP contribution is 2.25. The van der Waals surface area contributed by atoms with Gasteiger partial charge >= 0.3 is 0 Å². The van der Waals surface area contributed by atoms with Crippen molar-refractivity contribution in [1.82, 2.24) is 0 Å². The summed E-state index contributed by atoms with van der Waals surface area (Å²) in [5, 5.41) is 16.3. The summed E-state index contributed by atoms with van der Waals surface area (Å²) in [6.45, 7) is 1.40. The lowest BCUT2D eigenvalue weighted by Crippen LogP contribution is -2.18. The second-order valence-electron chi connectivity index (χ2n) is 5.57. The molecule has 130 valence electrons. The number of nitro benzene ring substituents is 1. The van der Waals surface area contributed by atoms with Gasteiger partial charge in [0.1, 0.15) is 0 Å². The van der Waals surface area contributed by atoms with Gasteiger partial charge in [0.25, 0.3) is 11.6 Å². The maximum Gasteiger partial charge on any atom is 0.270 e. The molecule has 0 aromatic heterocycles. The van der Waals surface area contributed by atoms with Crippen LogP contribution in [0.25, 0.3) is 0 Å². The molecule has 8 heteroatoms. The normalized spacial score (nSPS) is 10.0. The summed E-state index contributed by atoms with van der Waals surface area (Å²) in [4.78, 5) is 35.7. The molecular weight excluding hydrogens is 324 g/mol. The molecule has 0 aliphatic carbocycles. The molecule has 0 heterocycles. The van der Waals surface area contributed by atoms with E-state index in [1.165, 1.54) is 25.1 Å². The van der Waals surface area contributed by atoms with Crippen molar-refractivity contribution >= 4 is 34.6 Å². The molecule has 2 N–H and O–H groups in total. The van der Waals surface area contributed by atoms with Crippen molar-refractivity contribution in [3.8, 4) is 0 Å². The first kappa shape index (κ1) is 17.9. The number of carbonyl (C=O) groups is 2. The standard InChI is InChI=1S/C17H18N4O4/c1-11(22)18-12-4-6-13(7-5-12)19-17(23)15-10-14(21(24)25)8-9-16(15)20(2)3/h4-10H,1-3H3,(H,18,22)(H,19,23). The first-order valence-electron chi connectivity index (χ1n) is 7.42. The molecule has 0 spiro atoms. The zero-order valence-electron chi connectivity index (χ0n) is 14.1. The van der Waals surface area contributed by atoms with Crippen LogP contribution in [0.4, 0.5) is 22.7 Å². The van der Waals surface area contributed by atoms with Crippen LogP contribution in [0.1, 0.15) is 17.3 Å². The summed E-state index contributed by atoms with van der Waals surface area (Å²) in [7, 11) is 3.50. The molecule has 0 aliphatic heterocycles. The Hall–Kier alpha value is -3.42. The molecule has 2 amide bonds. The second-order valence-corrected chi connectivity index (χ2v) is 5.57. The Balaban J connectivity index is 2.26. The number of anilines is 3. The molecule has 2 rings (SSSR count). The number of carbonyl (C=O) groups excluding carboxylic acids is 2. The van der Waals surface area contributed by atoms with Crippen LogP contribution in [0.15, 0.2) is 42.5 Å². The van der Waals surface area contributed by atoms with Gasteiger partial charge in [0.2, 0.25) is 5.91 Å². The Morgan fingerprint density at radius 2 is 1.56 bits per heavy atom. The Kier molecular flexibility index (Phi) is 5.33. The molecule has 0 atom stereocenters. The third kappa shape index (κ3) is 4.54. The van der Waals surface area contributed by atoms with Crippen LogP contribution in [0.2, 0.25) is 0 Å². The monoisotopic (exact) mass is 342 g/mol. The molecule has 8 nitrogen and oxygen atoms in total. The van der Waals surface area contributed by atoms with E-state index in [4.69, 9.17) is 0 Å². The summed E-state index contributed by atoms with van der Waals surface area (Å²) in [6, 6.07) is 10.7. The molecule has 2 aromatic carbocycles. The zero-order chi connectivity index (χ0) is 18.6. The van der Waals surface area contributed by atoms with Crippen LogP contribution in [-0.2, 0) is 4.79 Å². The van der Waals surface area contributed by atoms with Gasteiger partial charge < -0.3 is 15.5 Å². The van der Waals surface area contributed by atoms with E-state index in [2.05, 4.69) is 10.6 Å². The topological polar surface area (TPSA) is 105 Å². The molecule has 0 saturated heterocycles. The molecule has 0 fully saturated rings. The predicted molar refractivity (Wildman–Crippen MR) is 96.1 cm³/mol. The van der Waals surface area contributed by atoms with E-state index in [0.717, 1.165) is 0 Å². The van der Waals surface area contributed by atoms with E-state index < -0.39 is 10.8 Å². The minimum absolute atomic E-state index is 0.156. The zero-order valence-corrected chi connectivity index (χ0v) is 14.1. The molecular formula is C17H18N4O4. The van der Waals surface area contributed by atoms with Gasteiger partial charge in [0.05, 0.1) is 10.5 Å². The molecule has 25 heavy (non-hydrogen) atoms. The number of nitrogens with one attached hydrogen (secondary N) is 2. The number of benzene rings is 2. The first-order valence-corrected chi connectivity index (χ1v) is 7.42. The summed E-state index contributed by atoms with van der Waals surface area (Å²) in [5.41, 5.74) is 1.73. The number of hydrogen-bond donors (Lipinski definition) is 2. The van der Waals surface area contributed by atoms with Crippen molar-refractivity contribution in [2.45, 2.75) is 6.92 Å².